The zero-order valence-corrected chi connectivity index (χ0v) is 16.1. The highest BCUT2D eigenvalue weighted by molar-refractivity contribution is 7.80. The monoisotopic (exact) mass is 396 g/mol. The van der Waals surface area contributed by atoms with E-state index >= 15 is 0 Å². The highest BCUT2D eigenvalue weighted by atomic mass is 35.5. The summed E-state index contributed by atoms with van der Waals surface area (Å²) < 4.78 is 10.4. The highest BCUT2D eigenvalue weighted by Gasteiger charge is 2.10. The molecular formula is C17H17ClN2O3S2. The van der Waals surface area contributed by atoms with E-state index in [0.717, 1.165) is 10.4 Å². The van der Waals surface area contributed by atoms with E-state index in [9.17, 15) is 4.79 Å². The fraction of sp³-hybridized carbons (Fsp3) is 0.176. The van der Waals surface area contributed by atoms with Gasteiger partial charge in [-0.3, -0.25) is 10.1 Å². The third kappa shape index (κ3) is 5.74. The number of nitrogens with one attached hydrogen (secondary N) is 2. The topological polar surface area (TPSA) is 59.6 Å². The lowest BCUT2D eigenvalue weighted by molar-refractivity contribution is -0.115. The van der Waals surface area contributed by atoms with Gasteiger partial charge in [0.2, 0.25) is 5.91 Å². The summed E-state index contributed by atoms with van der Waals surface area (Å²) in [4.78, 5) is 12.8. The van der Waals surface area contributed by atoms with Crippen LogP contribution >= 0.6 is 35.2 Å². The molecule has 1 aromatic heterocycles. The quantitative estimate of drug-likeness (QED) is 0.576. The number of hydrogen-bond acceptors (Lipinski definition) is 5. The lowest BCUT2D eigenvalue weighted by atomic mass is 10.2. The first-order chi connectivity index (χ1) is 12.0. The van der Waals surface area contributed by atoms with E-state index in [4.69, 9.17) is 33.3 Å². The molecule has 0 unspecified atom stereocenters. The van der Waals surface area contributed by atoms with Gasteiger partial charge in [-0.25, -0.2) is 0 Å². The van der Waals surface area contributed by atoms with E-state index in [-0.39, 0.29) is 11.0 Å². The molecule has 0 saturated heterocycles. The third-order valence-electron chi connectivity index (χ3n) is 3.17. The summed E-state index contributed by atoms with van der Waals surface area (Å²) in [5, 5.41) is 8.19. The molecule has 5 nitrogen and oxygen atoms in total. The molecule has 0 atom stereocenters. The Bertz CT molecular complexity index is 776. The van der Waals surface area contributed by atoms with Crippen LogP contribution in [0.1, 0.15) is 10.4 Å². The SMILES string of the molecule is COc1cc(Cl)c(CNC(=S)NC(=O)/C=C/c2cccs2)cc1OC. The van der Waals surface area contributed by atoms with Gasteiger partial charge in [-0.15, -0.1) is 11.3 Å². The highest BCUT2D eigenvalue weighted by Crippen LogP contribution is 2.32. The van der Waals surface area contributed by atoms with Crippen molar-refractivity contribution in [3.63, 3.8) is 0 Å². The van der Waals surface area contributed by atoms with Crippen LogP contribution in [0.2, 0.25) is 5.02 Å². The van der Waals surface area contributed by atoms with Crippen molar-refractivity contribution < 1.29 is 14.3 Å². The van der Waals surface area contributed by atoms with Gasteiger partial charge in [-0.2, -0.15) is 0 Å². The number of rotatable bonds is 6. The maximum absolute atomic E-state index is 11.8. The lowest BCUT2D eigenvalue weighted by Gasteiger charge is -2.13. The van der Waals surface area contributed by atoms with Crippen LogP contribution in [0, 0.1) is 0 Å². The van der Waals surface area contributed by atoms with Crippen LogP contribution in [-0.2, 0) is 11.3 Å². The van der Waals surface area contributed by atoms with Crippen LogP contribution in [0.15, 0.2) is 35.7 Å². The number of methoxy groups -OCH3 is 2. The van der Waals surface area contributed by atoms with Crippen LogP contribution in [0.4, 0.5) is 0 Å². The molecule has 0 saturated carbocycles. The molecular weight excluding hydrogens is 380 g/mol. The predicted molar refractivity (Wildman–Crippen MR) is 105 cm³/mol. The van der Waals surface area contributed by atoms with Crippen LogP contribution in [0.5, 0.6) is 11.5 Å². The molecule has 1 heterocycles. The number of carbonyl (C=O) groups is 1. The maximum Gasteiger partial charge on any atom is 0.250 e. The van der Waals surface area contributed by atoms with Gasteiger partial charge in [-0.05, 0) is 41.4 Å². The summed E-state index contributed by atoms with van der Waals surface area (Å²) in [5.74, 6) is 0.813. The molecule has 2 aromatic rings. The molecule has 2 rings (SSSR count). The van der Waals surface area contributed by atoms with E-state index in [1.54, 1.807) is 43.8 Å². The zero-order chi connectivity index (χ0) is 18.2. The van der Waals surface area contributed by atoms with Crippen molar-refractivity contribution in [2.45, 2.75) is 6.54 Å². The summed E-state index contributed by atoms with van der Waals surface area (Å²) in [6.07, 6.45) is 3.16. The summed E-state index contributed by atoms with van der Waals surface area (Å²) in [7, 11) is 3.09. The average Bonchev–Trinajstić information content (AvgIpc) is 3.12. The van der Waals surface area contributed by atoms with Crippen molar-refractivity contribution >= 4 is 52.3 Å². The van der Waals surface area contributed by atoms with Crippen molar-refractivity contribution in [3.8, 4) is 11.5 Å². The normalized spacial score (nSPS) is 10.5. The summed E-state index contributed by atoms with van der Waals surface area (Å²) >= 11 is 12.9. The summed E-state index contributed by atoms with van der Waals surface area (Å²) in [6.45, 7) is 0.340. The molecule has 132 valence electrons. The Hall–Kier alpha value is -2.09. The average molecular weight is 397 g/mol. The number of carbonyl (C=O) groups excluding carboxylic acids is 1. The molecule has 0 aliphatic carbocycles. The molecule has 0 radical (unpaired) electrons. The number of thiocarbonyl (C=S) groups is 1. The standard InChI is InChI=1S/C17H17ClN2O3S2/c1-22-14-8-11(13(18)9-15(14)23-2)10-19-17(24)20-16(21)6-5-12-4-3-7-25-12/h3-9H,10H2,1-2H3,(H2,19,20,21,24)/b6-5+. The molecule has 8 heteroatoms. The van der Waals surface area contributed by atoms with Gasteiger partial charge < -0.3 is 14.8 Å². The molecule has 0 bridgehead atoms. The Morgan fingerprint density at radius 1 is 1.32 bits per heavy atom. The van der Waals surface area contributed by atoms with Crippen molar-refractivity contribution in [2.75, 3.05) is 14.2 Å². The molecule has 0 aliphatic heterocycles. The Balaban J connectivity index is 1.90. The first kappa shape index (κ1) is 19.2. The third-order valence-corrected chi connectivity index (χ3v) is 4.61. The summed E-state index contributed by atoms with van der Waals surface area (Å²) in [6, 6.07) is 7.27. The van der Waals surface area contributed by atoms with Gasteiger partial charge in [-0.1, -0.05) is 17.7 Å². The Labute approximate surface area is 160 Å². The molecule has 0 aliphatic rings. The molecule has 1 aromatic carbocycles. The van der Waals surface area contributed by atoms with Gasteiger partial charge >= 0.3 is 0 Å². The summed E-state index contributed by atoms with van der Waals surface area (Å²) in [5.41, 5.74) is 0.769. The van der Waals surface area contributed by atoms with Gasteiger partial charge in [0, 0.05) is 28.6 Å². The number of halogens is 1. The Morgan fingerprint density at radius 3 is 2.68 bits per heavy atom. The smallest absolute Gasteiger partial charge is 0.250 e. The second kappa shape index (κ2) is 9.41. The molecule has 0 spiro atoms. The minimum atomic E-state index is -0.302. The van der Waals surface area contributed by atoms with Crippen molar-refractivity contribution in [3.05, 3.63) is 51.2 Å². The fourth-order valence-corrected chi connectivity index (χ4v) is 2.96. The van der Waals surface area contributed by atoms with Crippen LogP contribution in [0.25, 0.3) is 6.08 Å². The van der Waals surface area contributed by atoms with Gasteiger partial charge in [0.05, 0.1) is 14.2 Å². The minimum absolute atomic E-state index is 0.215. The molecule has 25 heavy (non-hydrogen) atoms. The first-order valence-electron chi connectivity index (χ1n) is 7.24. The van der Waals surface area contributed by atoms with Gasteiger partial charge in [0.15, 0.2) is 16.6 Å². The number of hydrogen-bond donors (Lipinski definition) is 2. The van der Waals surface area contributed by atoms with Crippen LogP contribution < -0.4 is 20.1 Å². The molecule has 0 fully saturated rings. The van der Waals surface area contributed by atoms with Gasteiger partial charge in [0.25, 0.3) is 0 Å². The Morgan fingerprint density at radius 2 is 2.04 bits per heavy atom. The number of amides is 1. The van der Waals surface area contributed by atoms with E-state index < -0.39 is 0 Å². The zero-order valence-electron chi connectivity index (χ0n) is 13.7. The number of thiophene rings is 1. The minimum Gasteiger partial charge on any atom is -0.493 e. The first-order valence-corrected chi connectivity index (χ1v) is 8.91. The van der Waals surface area contributed by atoms with Crippen molar-refractivity contribution in [1.82, 2.24) is 10.6 Å². The fourth-order valence-electron chi connectivity index (χ4n) is 1.95. The Kier molecular flexibility index (Phi) is 7.24. The van der Waals surface area contributed by atoms with E-state index in [2.05, 4.69) is 10.6 Å². The largest absolute Gasteiger partial charge is 0.493 e. The maximum atomic E-state index is 11.8. The van der Waals surface area contributed by atoms with Crippen molar-refractivity contribution in [2.24, 2.45) is 0 Å². The van der Waals surface area contributed by atoms with E-state index in [1.165, 1.54) is 6.08 Å². The van der Waals surface area contributed by atoms with Crippen molar-refractivity contribution in [1.29, 1.82) is 0 Å². The van der Waals surface area contributed by atoms with Crippen LogP contribution in [-0.4, -0.2) is 25.2 Å². The molecule has 1 amide bonds. The predicted octanol–water partition coefficient (Wildman–Crippen LogP) is 3.62. The second-order valence-corrected chi connectivity index (χ2v) is 6.61. The van der Waals surface area contributed by atoms with Gasteiger partial charge in [0.1, 0.15) is 0 Å². The second-order valence-electron chi connectivity index (χ2n) is 4.82. The van der Waals surface area contributed by atoms with E-state index in [0.29, 0.717) is 23.1 Å². The van der Waals surface area contributed by atoms with E-state index in [1.807, 2.05) is 17.5 Å². The number of benzene rings is 1. The van der Waals surface area contributed by atoms with Crippen LogP contribution in [0.3, 0.4) is 0 Å². The molecule has 2 N–H and O–H groups in total. The lowest BCUT2D eigenvalue weighted by Crippen LogP contribution is -2.38. The number of ether oxygens (including phenoxy) is 2.